The molecule has 3 heterocycles. The smallest absolute Gasteiger partial charge is 0.267 e. The van der Waals surface area contributed by atoms with Gasteiger partial charge in [-0.25, -0.2) is 4.98 Å². The Hall–Kier alpha value is -3.00. The van der Waals surface area contributed by atoms with E-state index in [1.807, 2.05) is 26.8 Å². The van der Waals surface area contributed by atoms with Gasteiger partial charge in [0.05, 0.1) is 17.1 Å². The van der Waals surface area contributed by atoms with Gasteiger partial charge in [0.2, 0.25) is 0 Å². The zero-order chi connectivity index (χ0) is 23.5. The Balaban J connectivity index is 1.81. The number of amides is 1. The molecule has 33 heavy (non-hydrogen) atoms. The van der Waals surface area contributed by atoms with Crippen LogP contribution in [-0.4, -0.2) is 38.6 Å². The molecule has 176 valence electrons. The molecule has 0 saturated heterocycles. The van der Waals surface area contributed by atoms with Crippen molar-refractivity contribution in [2.24, 2.45) is 0 Å². The molecule has 3 aromatic heterocycles. The van der Waals surface area contributed by atoms with Gasteiger partial charge >= 0.3 is 0 Å². The topological polar surface area (TPSA) is 101 Å². The first-order valence-corrected chi connectivity index (χ1v) is 11.9. The third kappa shape index (κ3) is 5.00. The molecule has 1 saturated carbocycles. The van der Waals surface area contributed by atoms with Crippen molar-refractivity contribution < 1.29 is 9.53 Å². The summed E-state index contributed by atoms with van der Waals surface area (Å²) < 4.78 is 8.85. The highest BCUT2D eigenvalue weighted by Gasteiger charge is 2.21. The summed E-state index contributed by atoms with van der Waals surface area (Å²) in [6.07, 6.45) is 7.81. The predicted octanol–water partition coefficient (Wildman–Crippen LogP) is 3.31. The van der Waals surface area contributed by atoms with E-state index in [0.717, 1.165) is 31.2 Å². The number of nitrogens with zero attached hydrogens (tertiary/aromatic N) is 3. The van der Waals surface area contributed by atoms with Crippen molar-refractivity contribution in [1.29, 1.82) is 5.41 Å². The second-order valence-corrected chi connectivity index (χ2v) is 9.23. The number of rotatable bonds is 7. The standard InChI is InChI=1S/C25H33N5O3/c1-16(2)33-13-7-12-29-22(26)19(24(31)27-18-8-5-4-6-9-18)14-20-23(29)28-21-11-10-17(3)15-30(21)25(20)32/h10-11,14-16,18,26H,4-9,12-13H2,1-3H3,(H,27,31). The Kier molecular flexibility index (Phi) is 6.93. The molecule has 4 rings (SSSR count). The Labute approximate surface area is 193 Å². The van der Waals surface area contributed by atoms with Crippen LogP contribution in [0.15, 0.2) is 29.2 Å². The van der Waals surface area contributed by atoms with Gasteiger partial charge in [0.15, 0.2) is 0 Å². The van der Waals surface area contributed by atoms with Gasteiger partial charge in [-0.15, -0.1) is 0 Å². The highest BCUT2D eigenvalue weighted by atomic mass is 16.5. The van der Waals surface area contributed by atoms with Crippen LogP contribution in [-0.2, 0) is 11.3 Å². The zero-order valence-corrected chi connectivity index (χ0v) is 19.7. The second kappa shape index (κ2) is 9.87. The van der Waals surface area contributed by atoms with Crippen molar-refractivity contribution in [3.8, 4) is 0 Å². The van der Waals surface area contributed by atoms with Crippen LogP contribution in [0.5, 0.6) is 0 Å². The maximum absolute atomic E-state index is 13.4. The average Bonchev–Trinajstić information content (AvgIpc) is 2.79. The molecule has 0 aromatic carbocycles. The molecule has 1 amide bonds. The number of carbonyl (C=O) groups is 1. The summed E-state index contributed by atoms with van der Waals surface area (Å²) in [5, 5.41) is 12.3. The van der Waals surface area contributed by atoms with Crippen molar-refractivity contribution in [1.82, 2.24) is 19.3 Å². The number of ether oxygens (including phenoxy) is 1. The number of carbonyl (C=O) groups excluding carboxylic acids is 1. The molecule has 3 aromatic rings. The number of hydrogen-bond acceptors (Lipinski definition) is 5. The molecule has 0 spiro atoms. The minimum Gasteiger partial charge on any atom is -0.379 e. The lowest BCUT2D eigenvalue weighted by Gasteiger charge is -2.23. The van der Waals surface area contributed by atoms with Gasteiger partial charge in [0, 0.05) is 25.4 Å². The fourth-order valence-electron chi connectivity index (χ4n) is 4.49. The number of aromatic nitrogens is 3. The summed E-state index contributed by atoms with van der Waals surface area (Å²) in [5.41, 5.74) is 1.93. The van der Waals surface area contributed by atoms with E-state index in [1.54, 1.807) is 22.9 Å². The third-order valence-corrected chi connectivity index (χ3v) is 6.22. The largest absolute Gasteiger partial charge is 0.379 e. The van der Waals surface area contributed by atoms with Crippen LogP contribution in [0.4, 0.5) is 0 Å². The molecule has 1 fully saturated rings. The number of pyridine rings is 2. The van der Waals surface area contributed by atoms with Gasteiger partial charge in [-0.05, 0) is 57.7 Å². The maximum atomic E-state index is 13.4. The van der Waals surface area contributed by atoms with E-state index in [4.69, 9.17) is 15.1 Å². The first-order valence-electron chi connectivity index (χ1n) is 11.9. The van der Waals surface area contributed by atoms with Gasteiger partial charge in [-0.2, -0.15) is 0 Å². The number of hydrogen-bond donors (Lipinski definition) is 2. The van der Waals surface area contributed by atoms with Crippen molar-refractivity contribution in [2.75, 3.05) is 6.61 Å². The minimum absolute atomic E-state index is 0.0729. The average molecular weight is 452 g/mol. The van der Waals surface area contributed by atoms with E-state index in [0.29, 0.717) is 36.3 Å². The van der Waals surface area contributed by atoms with Crippen molar-refractivity contribution in [2.45, 2.75) is 78.0 Å². The molecule has 0 radical (unpaired) electrons. The van der Waals surface area contributed by atoms with Crippen LogP contribution in [0.2, 0.25) is 0 Å². The van der Waals surface area contributed by atoms with Crippen LogP contribution < -0.4 is 16.4 Å². The Morgan fingerprint density at radius 3 is 2.76 bits per heavy atom. The van der Waals surface area contributed by atoms with Gasteiger partial charge in [0.25, 0.3) is 11.5 Å². The lowest BCUT2D eigenvalue weighted by molar-refractivity contribution is 0.0748. The second-order valence-electron chi connectivity index (χ2n) is 9.23. The molecule has 8 nitrogen and oxygen atoms in total. The van der Waals surface area contributed by atoms with Crippen molar-refractivity contribution in [3.05, 3.63) is 51.4 Å². The summed E-state index contributed by atoms with van der Waals surface area (Å²) in [6.45, 7) is 6.83. The lowest BCUT2D eigenvalue weighted by Crippen LogP contribution is -2.40. The molecule has 0 unspecified atom stereocenters. The normalized spacial score (nSPS) is 14.9. The highest BCUT2D eigenvalue weighted by molar-refractivity contribution is 5.97. The lowest BCUT2D eigenvalue weighted by atomic mass is 9.95. The fourth-order valence-corrected chi connectivity index (χ4v) is 4.49. The van der Waals surface area contributed by atoms with E-state index in [9.17, 15) is 9.59 Å². The van der Waals surface area contributed by atoms with Crippen molar-refractivity contribution in [3.63, 3.8) is 0 Å². The molecule has 1 aliphatic carbocycles. The predicted molar refractivity (Wildman–Crippen MR) is 128 cm³/mol. The molecule has 0 bridgehead atoms. The maximum Gasteiger partial charge on any atom is 0.267 e. The van der Waals surface area contributed by atoms with Crippen LogP contribution in [0.3, 0.4) is 0 Å². The van der Waals surface area contributed by atoms with Gasteiger partial charge in [-0.3, -0.25) is 19.4 Å². The van der Waals surface area contributed by atoms with Gasteiger partial charge in [0.1, 0.15) is 16.8 Å². The Morgan fingerprint density at radius 1 is 1.27 bits per heavy atom. The fraction of sp³-hybridized carbons (Fsp3) is 0.520. The quantitative estimate of drug-likeness (QED) is 0.425. The number of aryl methyl sites for hydroxylation is 2. The SMILES string of the molecule is Cc1ccc2nc3c(cc(C(=O)NC4CCCCC4)c(=N)n3CCCOC(C)C)c(=O)n2c1. The highest BCUT2D eigenvalue weighted by Crippen LogP contribution is 2.18. The van der Waals surface area contributed by atoms with Crippen LogP contribution in [0, 0.1) is 12.3 Å². The van der Waals surface area contributed by atoms with E-state index < -0.39 is 0 Å². The van der Waals surface area contributed by atoms with E-state index in [-0.39, 0.29) is 34.7 Å². The monoisotopic (exact) mass is 451 g/mol. The summed E-state index contributed by atoms with van der Waals surface area (Å²) in [5.74, 6) is -0.297. The van der Waals surface area contributed by atoms with Crippen molar-refractivity contribution >= 4 is 22.6 Å². The molecular formula is C25H33N5O3. The molecule has 1 aliphatic rings. The summed E-state index contributed by atoms with van der Waals surface area (Å²) in [7, 11) is 0. The van der Waals surface area contributed by atoms with Crippen LogP contribution >= 0.6 is 0 Å². The van der Waals surface area contributed by atoms with Crippen LogP contribution in [0.25, 0.3) is 16.7 Å². The summed E-state index contributed by atoms with van der Waals surface area (Å²) in [6, 6.07) is 5.37. The first-order chi connectivity index (χ1) is 15.8. The molecule has 8 heteroatoms. The van der Waals surface area contributed by atoms with Gasteiger partial charge < -0.3 is 14.6 Å². The summed E-state index contributed by atoms with van der Waals surface area (Å²) in [4.78, 5) is 31.3. The number of fused-ring (bicyclic) bond motifs is 2. The first kappa shape index (κ1) is 23.2. The van der Waals surface area contributed by atoms with E-state index in [2.05, 4.69) is 5.32 Å². The van der Waals surface area contributed by atoms with Crippen LogP contribution in [0.1, 0.15) is 68.3 Å². The zero-order valence-electron chi connectivity index (χ0n) is 19.7. The molecule has 0 aliphatic heterocycles. The molecule has 0 atom stereocenters. The molecular weight excluding hydrogens is 418 g/mol. The van der Waals surface area contributed by atoms with E-state index in [1.165, 1.54) is 10.8 Å². The Bertz CT molecular complexity index is 1290. The Morgan fingerprint density at radius 2 is 2.03 bits per heavy atom. The van der Waals surface area contributed by atoms with Gasteiger partial charge in [-0.1, -0.05) is 25.3 Å². The van der Waals surface area contributed by atoms with E-state index >= 15 is 0 Å². The third-order valence-electron chi connectivity index (χ3n) is 6.22. The number of nitrogens with one attached hydrogen (secondary N) is 2. The summed E-state index contributed by atoms with van der Waals surface area (Å²) >= 11 is 0. The minimum atomic E-state index is -0.297. The molecule has 2 N–H and O–H groups in total.